The number of hydrogen-bond donors (Lipinski definition) is 1. The van der Waals surface area contributed by atoms with Gasteiger partial charge in [-0.3, -0.25) is 4.55 Å². The number of rotatable bonds is 12. The molecule has 0 heterocycles. The Hall–Kier alpha value is -0.690. The van der Waals surface area contributed by atoms with Crippen LogP contribution in [0.15, 0.2) is 0 Å². The Morgan fingerprint density at radius 2 is 1.47 bits per heavy atom. The predicted octanol–water partition coefficient (Wildman–Crippen LogP) is 6.47. The van der Waals surface area contributed by atoms with Gasteiger partial charge in [-0.2, -0.15) is 43.5 Å². The minimum atomic E-state index is -6.91. The summed E-state index contributed by atoms with van der Waals surface area (Å²) >= 11 is 0. The summed E-state index contributed by atoms with van der Waals surface area (Å²) in [6, 6.07) is 0. The second-order valence-electron chi connectivity index (χ2n) is 7.92. The number of alkyl halides is 8. The molecule has 0 bridgehead atoms. The molecule has 1 N–H and O–H groups in total. The lowest BCUT2D eigenvalue weighted by Crippen LogP contribution is -2.55. The Bertz CT molecular complexity index is 648. The molecule has 0 aliphatic heterocycles. The van der Waals surface area contributed by atoms with E-state index in [1.54, 1.807) is 0 Å². The van der Waals surface area contributed by atoms with Gasteiger partial charge < -0.3 is 0 Å². The highest BCUT2D eigenvalue weighted by molar-refractivity contribution is 7.86. The Morgan fingerprint density at radius 1 is 0.933 bits per heavy atom. The molecule has 1 atom stereocenters. The first-order chi connectivity index (χ1) is 13.4. The van der Waals surface area contributed by atoms with Gasteiger partial charge in [-0.05, 0) is 24.7 Å². The summed E-state index contributed by atoms with van der Waals surface area (Å²) < 4.78 is 137. The van der Waals surface area contributed by atoms with Gasteiger partial charge in [0.05, 0.1) is 0 Å². The van der Waals surface area contributed by atoms with Crippen LogP contribution in [-0.2, 0) is 14.9 Å². The van der Waals surface area contributed by atoms with Crippen LogP contribution in [0, 0.1) is 11.8 Å². The van der Waals surface area contributed by atoms with Crippen molar-refractivity contribution in [3.63, 3.8) is 0 Å². The third-order valence-corrected chi connectivity index (χ3v) is 6.13. The molecule has 0 saturated heterocycles. The molecule has 1 rings (SSSR count). The van der Waals surface area contributed by atoms with E-state index in [2.05, 4.69) is 4.74 Å². The van der Waals surface area contributed by atoms with E-state index >= 15 is 0 Å². The van der Waals surface area contributed by atoms with Crippen molar-refractivity contribution in [2.24, 2.45) is 11.8 Å². The number of halogens is 8. The molecule has 0 amide bonds. The third kappa shape index (κ3) is 6.91. The van der Waals surface area contributed by atoms with Crippen molar-refractivity contribution in [2.75, 3.05) is 0 Å². The molecule has 180 valence electrons. The SMILES string of the molecule is CC(CCCCC(F)(F)C(F)(F)OC(F)(F)C(F)(F)S(=O)(=O)O)CC1CCCCC1. The van der Waals surface area contributed by atoms with Crippen molar-refractivity contribution in [2.45, 2.75) is 94.5 Å². The van der Waals surface area contributed by atoms with Crippen LogP contribution >= 0.6 is 0 Å². The normalized spacial score (nSPS) is 19.1. The summed E-state index contributed by atoms with van der Waals surface area (Å²) in [5.41, 5.74) is 0. The summed E-state index contributed by atoms with van der Waals surface area (Å²) in [4.78, 5) is 0. The van der Waals surface area contributed by atoms with E-state index in [0.717, 1.165) is 32.1 Å². The predicted molar refractivity (Wildman–Crippen MR) is 91.2 cm³/mol. The Labute approximate surface area is 170 Å². The average molecular weight is 478 g/mol. The van der Waals surface area contributed by atoms with Crippen molar-refractivity contribution in [1.29, 1.82) is 0 Å². The standard InChI is InChI=1S/C17H26F8O4S/c1-12(11-13-8-3-2-4-9-13)7-5-6-10-14(18,19)15(20,21)29-16(22,23)17(24,25)30(26,27)28/h12-13H,2-11H2,1H3,(H,26,27,28). The summed E-state index contributed by atoms with van der Waals surface area (Å²) in [6.45, 7) is 1.89. The van der Waals surface area contributed by atoms with Crippen molar-refractivity contribution in [3.05, 3.63) is 0 Å². The summed E-state index contributed by atoms with van der Waals surface area (Å²) in [5.74, 6) is -4.59. The number of ether oxygens (including phenoxy) is 1. The lowest BCUT2D eigenvalue weighted by molar-refractivity contribution is -0.456. The zero-order chi connectivity index (χ0) is 23.4. The van der Waals surface area contributed by atoms with Gasteiger partial charge in [0, 0.05) is 6.42 Å². The van der Waals surface area contributed by atoms with Gasteiger partial charge in [-0.15, -0.1) is 0 Å². The molecular weight excluding hydrogens is 452 g/mol. The van der Waals surface area contributed by atoms with E-state index in [1.807, 2.05) is 6.92 Å². The van der Waals surface area contributed by atoms with E-state index in [4.69, 9.17) is 4.55 Å². The molecule has 13 heteroatoms. The summed E-state index contributed by atoms with van der Waals surface area (Å²) in [5, 5.41) is -6.55. The molecule has 0 aromatic heterocycles. The molecular formula is C17H26F8O4S. The van der Waals surface area contributed by atoms with Crippen LogP contribution in [0.4, 0.5) is 35.1 Å². The van der Waals surface area contributed by atoms with Crippen LogP contribution < -0.4 is 0 Å². The van der Waals surface area contributed by atoms with Gasteiger partial charge in [0.1, 0.15) is 0 Å². The Balaban J connectivity index is 2.58. The first-order valence-electron chi connectivity index (χ1n) is 9.61. The van der Waals surface area contributed by atoms with Crippen LogP contribution in [-0.4, -0.2) is 36.4 Å². The van der Waals surface area contributed by atoms with Gasteiger partial charge in [-0.1, -0.05) is 51.9 Å². The van der Waals surface area contributed by atoms with Crippen LogP contribution in [0.25, 0.3) is 0 Å². The number of unbranched alkanes of at least 4 members (excludes halogenated alkanes) is 1. The smallest absolute Gasteiger partial charge is 0.281 e. The van der Waals surface area contributed by atoms with E-state index in [0.29, 0.717) is 12.3 Å². The minimum absolute atomic E-state index is 0.0805. The molecule has 0 spiro atoms. The highest BCUT2D eigenvalue weighted by atomic mass is 32.2. The van der Waals surface area contributed by atoms with E-state index < -0.39 is 46.4 Å². The quantitative estimate of drug-likeness (QED) is 0.198. The highest BCUT2D eigenvalue weighted by Gasteiger charge is 2.73. The van der Waals surface area contributed by atoms with Crippen molar-refractivity contribution >= 4 is 10.1 Å². The molecule has 1 unspecified atom stereocenters. The van der Waals surface area contributed by atoms with E-state index in [1.165, 1.54) is 6.42 Å². The molecule has 1 saturated carbocycles. The molecule has 30 heavy (non-hydrogen) atoms. The van der Waals surface area contributed by atoms with E-state index in [9.17, 15) is 43.5 Å². The second-order valence-corrected chi connectivity index (χ2v) is 9.39. The maximum Gasteiger partial charge on any atom is 0.460 e. The van der Waals surface area contributed by atoms with Crippen LogP contribution in [0.3, 0.4) is 0 Å². The van der Waals surface area contributed by atoms with Gasteiger partial charge in [0.25, 0.3) is 0 Å². The third-order valence-electron chi connectivity index (χ3n) is 5.24. The highest BCUT2D eigenvalue weighted by Crippen LogP contribution is 2.48. The maximum absolute atomic E-state index is 13.6. The Morgan fingerprint density at radius 3 is 1.97 bits per heavy atom. The maximum atomic E-state index is 13.6. The average Bonchev–Trinajstić information content (AvgIpc) is 2.57. The van der Waals surface area contributed by atoms with Crippen LogP contribution in [0.1, 0.15) is 71.1 Å². The monoisotopic (exact) mass is 478 g/mol. The van der Waals surface area contributed by atoms with Crippen molar-refractivity contribution < 1.29 is 52.8 Å². The van der Waals surface area contributed by atoms with Gasteiger partial charge in [-0.25, -0.2) is 4.74 Å². The molecule has 1 fully saturated rings. The largest absolute Gasteiger partial charge is 0.460 e. The first-order valence-corrected chi connectivity index (χ1v) is 11.1. The fourth-order valence-corrected chi connectivity index (χ4v) is 3.88. The van der Waals surface area contributed by atoms with Crippen molar-refractivity contribution in [3.8, 4) is 0 Å². The zero-order valence-electron chi connectivity index (χ0n) is 16.3. The minimum Gasteiger partial charge on any atom is -0.281 e. The van der Waals surface area contributed by atoms with Crippen LogP contribution in [0.2, 0.25) is 0 Å². The topological polar surface area (TPSA) is 63.6 Å². The van der Waals surface area contributed by atoms with Gasteiger partial charge in [0.2, 0.25) is 0 Å². The molecule has 1 aliphatic rings. The van der Waals surface area contributed by atoms with Crippen LogP contribution in [0.5, 0.6) is 0 Å². The molecule has 0 aromatic carbocycles. The molecule has 0 radical (unpaired) electrons. The van der Waals surface area contributed by atoms with Crippen molar-refractivity contribution in [1.82, 2.24) is 0 Å². The molecule has 1 aliphatic carbocycles. The first kappa shape index (κ1) is 27.3. The molecule has 4 nitrogen and oxygen atoms in total. The summed E-state index contributed by atoms with van der Waals surface area (Å²) in [7, 11) is -6.91. The number of hydrogen-bond acceptors (Lipinski definition) is 3. The second kappa shape index (κ2) is 9.85. The zero-order valence-corrected chi connectivity index (χ0v) is 17.1. The molecule has 0 aromatic rings. The fraction of sp³-hybridized carbons (Fsp3) is 1.00. The van der Waals surface area contributed by atoms with E-state index in [-0.39, 0.29) is 12.3 Å². The van der Waals surface area contributed by atoms with Gasteiger partial charge in [0.15, 0.2) is 0 Å². The lowest BCUT2D eigenvalue weighted by atomic mass is 9.82. The van der Waals surface area contributed by atoms with Gasteiger partial charge >= 0.3 is 33.5 Å². The Kier molecular flexibility index (Phi) is 8.97. The summed E-state index contributed by atoms with van der Waals surface area (Å²) in [6.07, 6.45) is -7.88. The fourth-order valence-electron chi connectivity index (χ4n) is 3.54. The lowest BCUT2D eigenvalue weighted by Gasteiger charge is -2.31.